The Morgan fingerprint density at radius 1 is 1.27 bits per heavy atom. The molecule has 0 radical (unpaired) electrons. The third-order valence-corrected chi connectivity index (χ3v) is 4.83. The SMILES string of the molecule is Cc1cccc(-n2nc(CC(N)=O)nc2CCCN2CCOCC2)c1C. The second-order valence-electron chi connectivity index (χ2n) is 6.78. The van der Waals surface area contributed by atoms with E-state index >= 15 is 0 Å². The molecule has 2 heterocycles. The van der Waals surface area contributed by atoms with Crippen molar-refractivity contribution in [3.8, 4) is 5.69 Å². The van der Waals surface area contributed by atoms with Crippen molar-refractivity contribution < 1.29 is 9.53 Å². The van der Waals surface area contributed by atoms with Crippen molar-refractivity contribution in [3.63, 3.8) is 0 Å². The van der Waals surface area contributed by atoms with E-state index in [1.807, 2.05) is 16.8 Å². The minimum atomic E-state index is -0.414. The molecule has 2 N–H and O–H groups in total. The Balaban J connectivity index is 1.79. The van der Waals surface area contributed by atoms with Gasteiger partial charge in [-0.05, 0) is 44.0 Å². The molecule has 26 heavy (non-hydrogen) atoms. The van der Waals surface area contributed by atoms with Crippen LogP contribution >= 0.6 is 0 Å². The summed E-state index contributed by atoms with van der Waals surface area (Å²) in [7, 11) is 0. The van der Waals surface area contributed by atoms with Crippen molar-refractivity contribution in [2.75, 3.05) is 32.8 Å². The Morgan fingerprint density at radius 3 is 2.77 bits per heavy atom. The molecule has 1 aromatic heterocycles. The summed E-state index contributed by atoms with van der Waals surface area (Å²) in [5.74, 6) is 0.950. The molecule has 140 valence electrons. The third kappa shape index (κ3) is 4.47. The fourth-order valence-electron chi connectivity index (χ4n) is 3.23. The highest BCUT2D eigenvalue weighted by atomic mass is 16.5. The Kier molecular flexibility index (Phi) is 6.00. The number of nitrogens with zero attached hydrogens (tertiary/aromatic N) is 4. The number of carbonyl (C=O) groups excluding carboxylic acids is 1. The highest BCUT2D eigenvalue weighted by Gasteiger charge is 2.16. The van der Waals surface area contributed by atoms with Gasteiger partial charge in [0.05, 0.1) is 25.3 Å². The van der Waals surface area contributed by atoms with Crippen LogP contribution in [-0.2, 0) is 22.4 Å². The van der Waals surface area contributed by atoms with Crippen molar-refractivity contribution in [2.45, 2.75) is 33.1 Å². The summed E-state index contributed by atoms with van der Waals surface area (Å²) >= 11 is 0. The van der Waals surface area contributed by atoms with Gasteiger partial charge < -0.3 is 10.5 Å². The van der Waals surface area contributed by atoms with Crippen LogP contribution < -0.4 is 5.73 Å². The number of hydrogen-bond acceptors (Lipinski definition) is 5. The Hall–Kier alpha value is -2.25. The van der Waals surface area contributed by atoms with Crippen LogP contribution in [0.1, 0.15) is 29.2 Å². The van der Waals surface area contributed by atoms with E-state index in [1.54, 1.807) is 0 Å². The summed E-state index contributed by atoms with van der Waals surface area (Å²) in [6.07, 6.45) is 1.85. The van der Waals surface area contributed by atoms with Crippen molar-refractivity contribution >= 4 is 5.91 Å². The lowest BCUT2D eigenvalue weighted by Crippen LogP contribution is -2.37. The number of rotatable bonds is 7. The van der Waals surface area contributed by atoms with E-state index in [4.69, 9.17) is 10.5 Å². The molecule has 1 aliphatic heterocycles. The zero-order chi connectivity index (χ0) is 18.5. The molecule has 2 aromatic rings. The predicted molar refractivity (Wildman–Crippen MR) is 99.3 cm³/mol. The number of hydrogen-bond donors (Lipinski definition) is 1. The summed E-state index contributed by atoms with van der Waals surface area (Å²) in [5, 5.41) is 4.56. The fraction of sp³-hybridized carbons (Fsp3) is 0.526. The van der Waals surface area contributed by atoms with Crippen LogP contribution in [0, 0.1) is 13.8 Å². The first kappa shape index (κ1) is 18.5. The lowest BCUT2D eigenvalue weighted by Gasteiger charge is -2.26. The molecule has 0 saturated carbocycles. The van der Waals surface area contributed by atoms with Gasteiger partial charge in [0.15, 0.2) is 5.82 Å². The topological polar surface area (TPSA) is 86.3 Å². The maximum absolute atomic E-state index is 11.3. The number of morpholine rings is 1. The molecule has 0 aliphatic carbocycles. The molecule has 0 unspecified atom stereocenters. The van der Waals surface area contributed by atoms with Gasteiger partial charge in [-0.2, -0.15) is 5.10 Å². The van der Waals surface area contributed by atoms with Crippen LogP contribution in [0.5, 0.6) is 0 Å². The molecule has 0 atom stereocenters. The summed E-state index contributed by atoms with van der Waals surface area (Å²) < 4.78 is 7.27. The molecule has 1 amide bonds. The Morgan fingerprint density at radius 2 is 2.04 bits per heavy atom. The standard InChI is InChI=1S/C19H27N5O2/c1-14-5-3-6-16(15(14)2)24-19(21-18(22-24)13-17(20)25)7-4-8-23-9-11-26-12-10-23/h3,5-6H,4,7-13H2,1-2H3,(H2,20,25). The summed E-state index contributed by atoms with van der Waals surface area (Å²) in [6.45, 7) is 8.75. The van der Waals surface area contributed by atoms with Crippen LogP contribution in [0.2, 0.25) is 0 Å². The van der Waals surface area contributed by atoms with Gasteiger partial charge in [0.1, 0.15) is 5.82 Å². The van der Waals surface area contributed by atoms with E-state index in [-0.39, 0.29) is 6.42 Å². The number of aryl methyl sites for hydroxylation is 2. The van der Waals surface area contributed by atoms with Gasteiger partial charge in [0.25, 0.3) is 0 Å². The molecular formula is C19H27N5O2. The number of amides is 1. The molecular weight excluding hydrogens is 330 g/mol. The first-order valence-electron chi connectivity index (χ1n) is 9.14. The monoisotopic (exact) mass is 357 g/mol. The van der Waals surface area contributed by atoms with Crippen molar-refractivity contribution in [3.05, 3.63) is 41.0 Å². The summed E-state index contributed by atoms with van der Waals surface area (Å²) in [6, 6.07) is 6.14. The minimum Gasteiger partial charge on any atom is -0.379 e. The van der Waals surface area contributed by atoms with E-state index in [1.165, 1.54) is 5.56 Å². The average Bonchev–Trinajstić information content (AvgIpc) is 3.00. The number of nitrogens with two attached hydrogens (primary N) is 1. The van der Waals surface area contributed by atoms with Gasteiger partial charge in [-0.15, -0.1) is 0 Å². The first-order chi connectivity index (χ1) is 12.5. The number of ether oxygens (including phenoxy) is 1. The molecule has 7 heteroatoms. The minimum absolute atomic E-state index is 0.0638. The lowest BCUT2D eigenvalue weighted by molar-refractivity contribution is -0.117. The zero-order valence-corrected chi connectivity index (χ0v) is 15.6. The molecule has 1 fully saturated rings. The Labute approximate surface area is 154 Å². The second-order valence-corrected chi connectivity index (χ2v) is 6.78. The number of aromatic nitrogens is 3. The van der Waals surface area contributed by atoms with E-state index < -0.39 is 5.91 Å². The normalized spacial score (nSPS) is 15.3. The largest absolute Gasteiger partial charge is 0.379 e. The summed E-state index contributed by atoms with van der Waals surface area (Å²) in [5.41, 5.74) is 8.70. The van der Waals surface area contributed by atoms with E-state index in [2.05, 4.69) is 34.9 Å². The van der Waals surface area contributed by atoms with Crippen LogP contribution in [0.15, 0.2) is 18.2 Å². The lowest BCUT2D eigenvalue weighted by atomic mass is 10.1. The number of carbonyl (C=O) groups is 1. The first-order valence-corrected chi connectivity index (χ1v) is 9.14. The van der Waals surface area contributed by atoms with E-state index in [9.17, 15) is 4.79 Å². The highest BCUT2D eigenvalue weighted by molar-refractivity contribution is 5.75. The average molecular weight is 357 g/mol. The van der Waals surface area contributed by atoms with Gasteiger partial charge in [-0.25, -0.2) is 9.67 Å². The molecule has 0 spiro atoms. The second kappa shape index (κ2) is 8.42. The molecule has 3 rings (SSSR count). The van der Waals surface area contributed by atoms with Gasteiger partial charge in [0.2, 0.25) is 5.91 Å². The number of primary amides is 1. The third-order valence-electron chi connectivity index (χ3n) is 4.83. The molecule has 1 saturated heterocycles. The quantitative estimate of drug-likeness (QED) is 0.804. The van der Waals surface area contributed by atoms with Crippen LogP contribution in [0.4, 0.5) is 0 Å². The van der Waals surface area contributed by atoms with Gasteiger partial charge in [-0.1, -0.05) is 12.1 Å². The van der Waals surface area contributed by atoms with Gasteiger partial charge in [0, 0.05) is 19.5 Å². The van der Waals surface area contributed by atoms with Crippen molar-refractivity contribution in [2.24, 2.45) is 5.73 Å². The Bertz CT molecular complexity index is 765. The van der Waals surface area contributed by atoms with Crippen LogP contribution in [0.3, 0.4) is 0 Å². The zero-order valence-electron chi connectivity index (χ0n) is 15.6. The number of benzene rings is 1. The molecule has 0 bridgehead atoms. The molecule has 1 aliphatic rings. The summed E-state index contributed by atoms with van der Waals surface area (Å²) in [4.78, 5) is 18.3. The fourth-order valence-corrected chi connectivity index (χ4v) is 3.23. The van der Waals surface area contributed by atoms with Gasteiger partial charge in [-0.3, -0.25) is 9.69 Å². The van der Waals surface area contributed by atoms with E-state index in [0.29, 0.717) is 5.82 Å². The maximum Gasteiger partial charge on any atom is 0.225 e. The maximum atomic E-state index is 11.3. The van der Waals surface area contributed by atoms with Crippen molar-refractivity contribution in [1.82, 2.24) is 19.7 Å². The molecule has 1 aromatic carbocycles. The van der Waals surface area contributed by atoms with E-state index in [0.717, 1.165) is 62.8 Å². The smallest absolute Gasteiger partial charge is 0.225 e. The molecule has 7 nitrogen and oxygen atoms in total. The highest BCUT2D eigenvalue weighted by Crippen LogP contribution is 2.19. The predicted octanol–water partition coefficient (Wildman–Crippen LogP) is 1.18. The van der Waals surface area contributed by atoms with Gasteiger partial charge >= 0.3 is 0 Å². The van der Waals surface area contributed by atoms with Crippen LogP contribution in [-0.4, -0.2) is 58.4 Å². The van der Waals surface area contributed by atoms with Crippen molar-refractivity contribution in [1.29, 1.82) is 0 Å². The van der Waals surface area contributed by atoms with Crippen LogP contribution in [0.25, 0.3) is 5.69 Å².